The largest absolute Gasteiger partial charge is 0.461 e. The summed E-state index contributed by atoms with van der Waals surface area (Å²) >= 11 is 3.07. The van der Waals surface area contributed by atoms with Crippen LogP contribution in [0.1, 0.15) is 6.92 Å². The van der Waals surface area contributed by atoms with Gasteiger partial charge in [0.05, 0.1) is 6.61 Å². The lowest BCUT2D eigenvalue weighted by Crippen LogP contribution is -2.25. The first kappa shape index (κ1) is 12.9. The van der Waals surface area contributed by atoms with Gasteiger partial charge in [0.2, 0.25) is 0 Å². The third-order valence-electron chi connectivity index (χ3n) is 1.60. The van der Waals surface area contributed by atoms with Gasteiger partial charge in [-0.3, -0.25) is 0 Å². The fourth-order valence-electron chi connectivity index (χ4n) is 0.935. The van der Waals surface area contributed by atoms with E-state index in [1.165, 1.54) is 19.1 Å². The molecule has 0 aromatic heterocycles. The van der Waals surface area contributed by atoms with Gasteiger partial charge in [-0.05, 0) is 25.1 Å². The molecule has 0 spiro atoms. The van der Waals surface area contributed by atoms with E-state index < -0.39 is 18.1 Å². The summed E-state index contributed by atoms with van der Waals surface area (Å²) in [5, 5.41) is 0. The van der Waals surface area contributed by atoms with E-state index in [-0.39, 0.29) is 12.4 Å². The minimum Gasteiger partial charge on any atom is -0.461 e. The van der Waals surface area contributed by atoms with E-state index in [2.05, 4.69) is 25.4 Å². The van der Waals surface area contributed by atoms with E-state index in [0.717, 1.165) is 6.07 Å². The van der Waals surface area contributed by atoms with Crippen LogP contribution < -0.4 is 4.74 Å². The molecule has 6 heteroatoms. The highest BCUT2D eigenvalue weighted by Crippen LogP contribution is 2.23. The zero-order chi connectivity index (χ0) is 12.1. The van der Waals surface area contributed by atoms with E-state index in [4.69, 9.17) is 0 Å². The average Bonchev–Trinajstić information content (AvgIpc) is 2.23. The van der Waals surface area contributed by atoms with Gasteiger partial charge in [0.25, 0.3) is 0 Å². The predicted molar refractivity (Wildman–Crippen MR) is 56.3 cm³/mol. The van der Waals surface area contributed by atoms with Gasteiger partial charge in [-0.2, -0.15) is 4.39 Å². The van der Waals surface area contributed by atoms with Crippen LogP contribution in [0.2, 0.25) is 0 Å². The molecule has 0 fully saturated rings. The molecule has 0 amide bonds. The van der Waals surface area contributed by atoms with Crippen molar-refractivity contribution in [1.82, 2.24) is 0 Å². The summed E-state index contributed by atoms with van der Waals surface area (Å²) < 4.78 is 35.6. The molecule has 0 bridgehead atoms. The first-order chi connectivity index (χ1) is 7.54. The lowest BCUT2D eigenvalue weighted by molar-refractivity contribution is -0.160. The van der Waals surface area contributed by atoms with E-state index in [9.17, 15) is 13.6 Å². The van der Waals surface area contributed by atoms with Crippen molar-refractivity contribution >= 4 is 21.9 Å². The number of alkyl halides is 1. The Morgan fingerprint density at radius 2 is 2.25 bits per heavy atom. The molecule has 0 heterocycles. The third kappa shape index (κ3) is 3.44. The molecular weight excluding hydrogens is 286 g/mol. The van der Waals surface area contributed by atoms with Crippen molar-refractivity contribution in [1.29, 1.82) is 0 Å². The zero-order valence-electron chi connectivity index (χ0n) is 8.38. The summed E-state index contributed by atoms with van der Waals surface area (Å²) in [4.78, 5) is 10.9. The Balaban J connectivity index is 2.72. The van der Waals surface area contributed by atoms with E-state index in [1.807, 2.05) is 0 Å². The second kappa shape index (κ2) is 5.79. The minimum absolute atomic E-state index is 0.0313. The highest BCUT2D eigenvalue weighted by Gasteiger charge is 2.21. The minimum atomic E-state index is -2.33. The second-order valence-corrected chi connectivity index (χ2v) is 3.68. The Bertz CT molecular complexity index is 384. The van der Waals surface area contributed by atoms with Gasteiger partial charge in [-0.15, -0.1) is 0 Å². The molecule has 16 heavy (non-hydrogen) atoms. The van der Waals surface area contributed by atoms with Crippen LogP contribution >= 0.6 is 15.9 Å². The molecule has 0 saturated heterocycles. The number of esters is 1. The second-order valence-electron chi connectivity index (χ2n) is 2.76. The van der Waals surface area contributed by atoms with E-state index in [1.54, 1.807) is 0 Å². The lowest BCUT2D eigenvalue weighted by Gasteiger charge is -2.11. The summed E-state index contributed by atoms with van der Waals surface area (Å²) in [5.41, 5.74) is 0. The van der Waals surface area contributed by atoms with Gasteiger partial charge < -0.3 is 9.47 Å². The van der Waals surface area contributed by atoms with Crippen molar-refractivity contribution in [2.45, 2.75) is 13.3 Å². The smallest absolute Gasteiger partial charge is 0.381 e. The summed E-state index contributed by atoms with van der Waals surface area (Å²) in [7, 11) is 0. The lowest BCUT2D eigenvalue weighted by atomic mass is 10.3. The monoisotopic (exact) mass is 294 g/mol. The van der Waals surface area contributed by atoms with Crippen molar-refractivity contribution in [3.8, 4) is 5.75 Å². The Labute approximate surface area is 99.5 Å². The van der Waals surface area contributed by atoms with Crippen molar-refractivity contribution in [2.75, 3.05) is 6.61 Å². The summed E-state index contributed by atoms with van der Waals surface area (Å²) in [6.07, 6.45) is -2.33. The Kier molecular flexibility index (Phi) is 4.67. The first-order valence-corrected chi connectivity index (χ1v) is 5.26. The van der Waals surface area contributed by atoms with Gasteiger partial charge in [-0.1, -0.05) is 15.9 Å². The molecule has 1 aromatic carbocycles. The van der Waals surface area contributed by atoms with Crippen molar-refractivity contribution in [2.24, 2.45) is 0 Å². The zero-order valence-corrected chi connectivity index (χ0v) is 9.96. The molecule has 1 unspecified atom stereocenters. The van der Waals surface area contributed by atoms with Gasteiger partial charge in [0.1, 0.15) is 0 Å². The van der Waals surface area contributed by atoms with Crippen LogP contribution in [0.25, 0.3) is 0 Å². The van der Waals surface area contributed by atoms with Gasteiger partial charge in [0, 0.05) is 4.47 Å². The average molecular weight is 295 g/mol. The standard InChI is InChI=1S/C10H9BrF2O3/c1-2-15-10(14)9(13)16-8-5-6(11)3-4-7(8)12/h3-5,9H,2H2,1H3. The maximum Gasteiger partial charge on any atom is 0.381 e. The molecule has 88 valence electrons. The molecular formula is C10H9BrF2O3. The van der Waals surface area contributed by atoms with Gasteiger partial charge in [0.15, 0.2) is 11.6 Å². The number of rotatable bonds is 4. The number of carbonyl (C=O) groups excluding carboxylic acids is 1. The van der Waals surface area contributed by atoms with Gasteiger partial charge >= 0.3 is 12.3 Å². The van der Waals surface area contributed by atoms with E-state index in [0.29, 0.717) is 4.47 Å². The fourth-order valence-corrected chi connectivity index (χ4v) is 1.27. The summed E-state index contributed by atoms with van der Waals surface area (Å²) in [6, 6.07) is 3.75. The van der Waals surface area contributed by atoms with Crippen LogP contribution in [0.3, 0.4) is 0 Å². The van der Waals surface area contributed by atoms with Crippen LogP contribution in [0, 0.1) is 5.82 Å². The fraction of sp³-hybridized carbons (Fsp3) is 0.300. The maximum absolute atomic E-state index is 13.1. The number of hydrogen-bond donors (Lipinski definition) is 0. The molecule has 0 aliphatic heterocycles. The van der Waals surface area contributed by atoms with Crippen LogP contribution in [0.15, 0.2) is 22.7 Å². The van der Waals surface area contributed by atoms with Gasteiger partial charge in [-0.25, -0.2) is 9.18 Å². The highest BCUT2D eigenvalue weighted by atomic mass is 79.9. The topological polar surface area (TPSA) is 35.5 Å². The molecule has 0 radical (unpaired) electrons. The Morgan fingerprint density at radius 3 is 2.88 bits per heavy atom. The van der Waals surface area contributed by atoms with Crippen LogP contribution in [0.5, 0.6) is 5.75 Å². The molecule has 0 aliphatic rings. The SMILES string of the molecule is CCOC(=O)C(F)Oc1cc(Br)ccc1F. The quantitative estimate of drug-likeness (QED) is 0.801. The number of benzene rings is 1. The molecule has 0 aliphatic carbocycles. The number of hydrogen-bond acceptors (Lipinski definition) is 3. The van der Waals surface area contributed by atoms with Crippen LogP contribution in [-0.4, -0.2) is 18.9 Å². The molecule has 1 rings (SSSR count). The molecule has 0 N–H and O–H groups in total. The normalized spacial score (nSPS) is 12.0. The molecule has 0 saturated carbocycles. The molecule has 1 atom stereocenters. The predicted octanol–water partition coefficient (Wildman–Crippen LogP) is 2.83. The summed E-state index contributed by atoms with van der Waals surface area (Å²) in [5.74, 6) is -2.29. The van der Waals surface area contributed by atoms with Crippen molar-refractivity contribution in [3.05, 3.63) is 28.5 Å². The maximum atomic E-state index is 13.1. The number of ether oxygens (including phenoxy) is 2. The third-order valence-corrected chi connectivity index (χ3v) is 2.09. The number of carbonyl (C=O) groups is 1. The number of halogens is 3. The highest BCUT2D eigenvalue weighted by molar-refractivity contribution is 9.10. The Morgan fingerprint density at radius 1 is 1.56 bits per heavy atom. The van der Waals surface area contributed by atoms with Crippen molar-refractivity contribution in [3.63, 3.8) is 0 Å². The van der Waals surface area contributed by atoms with Crippen LogP contribution in [-0.2, 0) is 9.53 Å². The Hall–Kier alpha value is -1.17. The molecule has 1 aromatic rings. The summed E-state index contributed by atoms with van der Waals surface area (Å²) in [6.45, 7) is 1.56. The van der Waals surface area contributed by atoms with E-state index >= 15 is 0 Å². The van der Waals surface area contributed by atoms with Crippen molar-refractivity contribution < 1.29 is 23.0 Å². The van der Waals surface area contributed by atoms with Crippen LogP contribution in [0.4, 0.5) is 8.78 Å². The first-order valence-electron chi connectivity index (χ1n) is 4.47. The molecule has 3 nitrogen and oxygen atoms in total.